The van der Waals surface area contributed by atoms with Crippen molar-refractivity contribution in [3.05, 3.63) is 0 Å². The van der Waals surface area contributed by atoms with Gasteiger partial charge in [-0.15, -0.1) is 0 Å². The van der Waals surface area contributed by atoms with Gasteiger partial charge >= 0.3 is 0 Å². The van der Waals surface area contributed by atoms with Crippen LogP contribution in [-0.4, -0.2) is 18.5 Å². The van der Waals surface area contributed by atoms with E-state index in [9.17, 15) is 4.79 Å². The molecule has 3 heteroatoms. The van der Waals surface area contributed by atoms with Gasteiger partial charge in [0.25, 0.3) is 0 Å². The van der Waals surface area contributed by atoms with Crippen molar-refractivity contribution in [1.82, 2.24) is 5.32 Å². The zero-order valence-corrected chi connectivity index (χ0v) is 7.39. The lowest BCUT2D eigenvalue weighted by Gasteiger charge is -2.10. The Morgan fingerprint density at radius 3 is 2.64 bits per heavy atom. The highest BCUT2D eigenvalue weighted by Gasteiger charge is 2.01. The third kappa shape index (κ3) is 7.33. The van der Waals surface area contributed by atoms with E-state index in [0.29, 0.717) is 6.04 Å². The standard InChI is InChI=1S/C8H18N2O/c1-7(10-8(2)11)5-3-4-6-9/h7H,3-6,9H2,1-2H3,(H,10,11)/t7-/m0/s1. The van der Waals surface area contributed by atoms with Gasteiger partial charge in [-0.2, -0.15) is 0 Å². The first kappa shape index (κ1) is 10.4. The lowest BCUT2D eigenvalue weighted by Crippen LogP contribution is -2.30. The third-order valence-electron chi connectivity index (χ3n) is 1.54. The number of hydrogen-bond donors (Lipinski definition) is 2. The molecular formula is C8H18N2O. The molecule has 3 nitrogen and oxygen atoms in total. The van der Waals surface area contributed by atoms with E-state index in [1.807, 2.05) is 6.92 Å². The lowest BCUT2D eigenvalue weighted by molar-refractivity contribution is -0.119. The molecule has 11 heavy (non-hydrogen) atoms. The van der Waals surface area contributed by atoms with Gasteiger partial charge < -0.3 is 11.1 Å². The number of amides is 1. The SMILES string of the molecule is CC(=O)N[C@@H](C)CCCCN. The van der Waals surface area contributed by atoms with E-state index in [1.54, 1.807) is 6.92 Å². The molecule has 1 amide bonds. The fourth-order valence-corrected chi connectivity index (χ4v) is 1.01. The molecule has 0 saturated heterocycles. The van der Waals surface area contributed by atoms with Crippen molar-refractivity contribution in [2.75, 3.05) is 6.54 Å². The molecule has 3 N–H and O–H groups in total. The molecule has 0 spiro atoms. The monoisotopic (exact) mass is 158 g/mol. The number of rotatable bonds is 5. The minimum absolute atomic E-state index is 0.0465. The van der Waals surface area contributed by atoms with Crippen LogP contribution in [0.2, 0.25) is 0 Å². The highest BCUT2D eigenvalue weighted by Crippen LogP contribution is 1.98. The Morgan fingerprint density at radius 2 is 2.18 bits per heavy atom. The maximum absolute atomic E-state index is 10.6. The molecular weight excluding hydrogens is 140 g/mol. The fraction of sp³-hybridized carbons (Fsp3) is 0.875. The van der Waals surface area contributed by atoms with E-state index in [1.165, 1.54) is 0 Å². The van der Waals surface area contributed by atoms with Crippen LogP contribution >= 0.6 is 0 Å². The number of carbonyl (C=O) groups is 1. The summed E-state index contributed by atoms with van der Waals surface area (Å²) in [5, 5.41) is 2.82. The summed E-state index contributed by atoms with van der Waals surface area (Å²) in [6, 6.07) is 0.291. The molecule has 0 aliphatic carbocycles. The second-order valence-corrected chi connectivity index (χ2v) is 2.89. The van der Waals surface area contributed by atoms with Crippen LogP contribution in [0.15, 0.2) is 0 Å². The molecule has 1 atom stereocenters. The molecule has 0 aliphatic heterocycles. The van der Waals surface area contributed by atoms with E-state index in [2.05, 4.69) is 5.32 Å². The van der Waals surface area contributed by atoms with Gasteiger partial charge in [-0.25, -0.2) is 0 Å². The summed E-state index contributed by atoms with van der Waals surface area (Å²) < 4.78 is 0. The van der Waals surface area contributed by atoms with E-state index >= 15 is 0 Å². The number of hydrogen-bond acceptors (Lipinski definition) is 2. The molecule has 0 rings (SSSR count). The van der Waals surface area contributed by atoms with E-state index in [0.717, 1.165) is 25.8 Å². The number of nitrogens with two attached hydrogens (primary N) is 1. The Hall–Kier alpha value is -0.570. The third-order valence-corrected chi connectivity index (χ3v) is 1.54. The number of unbranched alkanes of at least 4 members (excludes halogenated alkanes) is 1. The Bertz CT molecular complexity index is 115. The Kier molecular flexibility index (Phi) is 5.84. The van der Waals surface area contributed by atoms with Crippen LogP contribution < -0.4 is 11.1 Å². The zero-order valence-electron chi connectivity index (χ0n) is 7.39. The van der Waals surface area contributed by atoms with Gasteiger partial charge in [-0.1, -0.05) is 6.42 Å². The number of carbonyl (C=O) groups excluding carboxylic acids is 1. The molecule has 0 unspecified atom stereocenters. The molecule has 0 aromatic heterocycles. The topological polar surface area (TPSA) is 55.1 Å². The Labute approximate surface area is 68.3 Å². The molecule has 0 aromatic carbocycles. The summed E-state index contributed by atoms with van der Waals surface area (Å²) in [6.45, 7) is 4.30. The summed E-state index contributed by atoms with van der Waals surface area (Å²) in [5.41, 5.74) is 5.33. The maximum atomic E-state index is 10.6. The second-order valence-electron chi connectivity index (χ2n) is 2.89. The summed E-state index contributed by atoms with van der Waals surface area (Å²) in [7, 11) is 0. The van der Waals surface area contributed by atoms with Crippen LogP contribution in [0.1, 0.15) is 33.1 Å². The summed E-state index contributed by atoms with van der Waals surface area (Å²) in [6.07, 6.45) is 3.17. The first-order chi connectivity index (χ1) is 5.16. The van der Waals surface area contributed by atoms with Crippen molar-refractivity contribution in [3.8, 4) is 0 Å². The Balaban J connectivity index is 3.22. The minimum atomic E-state index is 0.0465. The Morgan fingerprint density at radius 1 is 1.55 bits per heavy atom. The van der Waals surface area contributed by atoms with Crippen molar-refractivity contribution in [2.45, 2.75) is 39.2 Å². The van der Waals surface area contributed by atoms with Crippen molar-refractivity contribution in [2.24, 2.45) is 5.73 Å². The second kappa shape index (κ2) is 6.16. The fourth-order valence-electron chi connectivity index (χ4n) is 1.01. The van der Waals surface area contributed by atoms with Crippen molar-refractivity contribution in [3.63, 3.8) is 0 Å². The van der Waals surface area contributed by atoms with Crippen molar-refractivity contribution in [1.29, 1.82) is 0 Å². The van der Waals surface area contributed by atoms with Crippen LogP contribution in [0.5, 0.6) is 0 Å². The molecule has 0 aliphatic rings. The predicted molar refractivity (Wildman–Crippen MR) is 46.2 cm³/mol. The van der Waals surface area contributed by atoms with Crippen LogP contribution in [-0.2, 0) is 4.79 Å². The molecule has 0 bridgehead atoms. The van der Waals surface area contributed by atoms with Gasteiger partial charge in [0, 0.05) is 13.0 Å². The summed E-state index contributed by atoms with van der Waals surface area (Å²) >= 11 is 0. The molecule has 66 valence electrons. The van der Waals surface area contributed by atoms with E-state index in [-0.39, 0.29) is 5.91 Å². The molecule has 0 fully saturated rings. The minimum Gasteiger partial charge on any atom is -0.354 e. The van der Waals surface area contributed by atoms with Crippen molar-refractivity contribution < 1.29 is 4.79 Å². The summed E-state index contributed by atoms with van der Waals surface area (Å²) in [4.78, 5) is 10.6. The van der Waals surface area contributed by atoms with E-state index in [4.69, 9.17) is 5.73 Å². The smallest absolute Gasteiger partial charge is 0.217 e. The van der Waals surface area contributed by atoms with Crippen LogP contribution in [0.25, 0.3) is 0 Å². The average molecular weight is 158 g/mol. The maximum Gasteiger partial charge on any atom is 0.217 e. The van der Waals surface area contributed by atoms with E-state index < -0.39 is 0 Å². The highest BCUT2D eigenvalue weighted by atomic mass is 16.1. The van der Waals surface area contributed by atoms with Gasteiger partial charge in [0.05, 0.1) is 0 Å². The largest absolute Gasteiger partial charge is 0.354 e. The molecule has 0 saturated carbocycles. The van der Waals surface area contributed by atoms with Gasteiger partial charge in [-0.3, -0.25) is 4.79 Å². The van der Waals surface area contributed by atoms with Crippen LogP contribution in [0.4, 0.5) is 0 Å². The first-order valence-corrected chi connectivity index (χ1v) is 4.14. The summed E-state index contributed by atoms with van der Waals surface area (Å²) in [5.74, 6) is 0.0465. The average Bonchev–Trinajstić information content (AvgIpc) is 1.86. The quantitative estimate of drug-likeness (QED) is 0.577. The van der Waals surface area contributed by atoms with Gasteiger partial charge in [0.1, 0.15) is 0 Å². The molecule has 0 aromatic rings. The zero-order chi connectivity index (χ0) is 8.69. The van der Waals surface area contributed by atoms with Crippen molar-refractivity contribution >= 4 is 5.91 Å². The van der Waals surface area contributed by atoms with Gasteiger partial charge in [-0.05, 0) is 26.3 Å². The lowest BCUT2D eigenvalue weighted by atomic mass is 10.1. The van der Waals surface area contributed by atoms with Gasteiger partial charge in [0.15, 0.2) is 0 Å². The van der Waals surface area contributed by atoms with Gasteiger partial charge in [0.2, 0.25) is 5.91 Å². The number of nitrogens with one attached hydrogen (secondary N) is 1. The van der Waals surface area contributed by atoms with Crippen LogP contribution in [0, 0.1) is 0 Å². The first-order valence-electron chi connectivity index (χ1n) is 4.14. The molecule has 0 heterocycles. The van der Waals surface area contributed by atoms with Crippen LogP contribution in [0.3, 0.4) is 0 Å². The normalized spacial score (nSPS) is 12.6. The molecule has 0 radical (unpaired) electrons. The predicted octanol–water partition coefficient (Wildman–Crippen LogP) is 0.640. The highest BCUT2D eigenvalue weighted by molar-refractivity contribution is 5.73.